The topological polar surface area (TPSA) is 78.9 Å². The fraction of sp³-hybridized carbons (Fsp3) is 0.704. The molecule has 0 spiro atoms. The zero-order valence-corrected chi connectivity index (χ0v) is 50.4. The molecule has 0 aliphatic heterocycles. The molecule has 0 aliphatic carbocycles. The molecule has 0 N–H and O–H groups in total. The summed E-state index contributed by atoms with van der Waals surface area (Å²) in [5, 5.41) is 0. The standard InChI is InChI=1S/C71H120O6/c1-4-7-10-13-16-19-22-25-28-30-32-34-36-38-39-41-43-46-49-52-55-58-61-64-70(73)76-67-68(66-75-69(72)63-60-57-54-51-48-45-27-24-21-18-15-12-9-6-3)77-71(74)65-62-59-56-53-50-47-44-42-40-37-35-33-31-29-26-23-20-17-14-11-8-5-2/h7,10,15-16,18-19,24-25,27-28,32,34,38-39,43,46,52,55,68H,4-6,8-9,11-14,17,20-23,26,29-31,33,35-37,40-42,44-45,47-51,53-54,56-67H2,1-3H3/b10-7-,18-15-,19-16-,27-24-,28-25-,34-32-,39-38-,46-43-,55-52-. The maximum absolute atomic E-state index is 12.9. The third-order valence-electron chi connectivity index (χ3n) is 13.8. The maximum Gasteiger partial charge on any atom is 0.306 e. The van der Waals surface area contributed by atoms with Crippen molar-refractivity contribution in [1.82, 2.24) is 0 Å². The Balaban J connectivity index is 4.44. The quantitative estimate of drug-likeness (QED) is 0.0261. The second kappa shape index (κ2) is 64.6. The third kappa shape index (κ3) is 62.8. The van der Waals surface area contributed by atoms with E-state index in [1.807, 2.05) is 0 Å². The van der Waals surface area contributed by atoms with Crippen molar-refractivity contribution in [1.29, 1.82) is 0 Å². The van der Waals surface area contributed by atoms with E-state index in [0.717, 1.165) is 116 Å². The fourth-order valence-electron chi connectivity index (χ4n) is 8.92. The smallest absolute Gasteiger partial charge is 0.306 e. The average molecular weight is 1070 g/mol. The number of ether oxygens (including phenoxy) is 3. The Morgan fingerprint density at radius 1 is 0.273 bits per heavy atom. The fourth-order valence-corrected chi connectivity index (χ4v) is 8.92. The highest BCUT2D eigenvalue weighted by Crippen LogP contribution is 2.17. The summed E-state index contributed by atoms with van der Waals surface area (Å²) >= 11 is 0. The molecule has 0 aromatic heterocycles. The van der Waals surface area contributed by atoms with Gasteiger partial charge in [-0.05, 0) is 96.3 Å². The van der Waals surface area contributed by atoms with Gasteiger partial charge in [-0.15, -0.1) is 0 Å². The average Bonchev–Trinajstić information content (AvgIpc) is 3.43. The number of hydrogen-bond acceptors (Lipinski definition) is 6. The second-order valence-corrected chi connectivity index (χ2v) is 21.3. The Bertz CT molecular complexity index is 1560. The molecule has 440 valence electrons. The molecule has 0 amide bonds. The molecule has 77 heavy (non-hydrogen) atoms. The first-order valence-corrected chi connectivity index (χ1v) is 32.4. The van der Waals surface area contributed by atoms with Gasteiger partial charge < -0.3 is 14.2 Å². The van der Waals surface area contributed by atoms with Gasteiger partial charge in [-0.3, -0.25) is 14.4 Å². The van der Waals surface area contributed by atoms with Crippen LogP contribution in [-0.4, -0.2) is 37.2 Å². The summed E-state index contributed by atoms with van der Waals surface area (Å²) in [6.45, 7) is 6.45. The molecule has 0 saturated carbocycles. The van der Waals surface area contributed by atoms with E-state index < -0.39 is 6.10 Å². The van der Waals surface area contributed by atoms with E-state index in [2.05, 4.69) is 130 Å². The molecule has 0 rings (SSSR count). The molecule has 1 unspecified atom stereocenters. The van der Waals surface area contributed by atoms with E-state index in [9.17, 15) is 14.4 Å². The number of carbonyl (C=O) groups is 3. The molecule has 1 atom stereocenters. The molecule has 0 radical (unpaired) electrons. The Labute approximate surface area is 476 Å². The Morgan fingerprint density at radius 3 is 0.883 bits per heavy atom. The van der Waals surface area contributed by atoms with Gasteiger partial charge in [-0.25, -0.2) is 0 Å². The van der Waals surface area contributed by atoms with Crippen LogP contribution < -0.4 is 0 Å². The highest BCUT2D eigenvalue weighted by atomic mass is 16.6. The summed E-state index contributed by atoms with van der Waals surface area (Å²) in [6, 6.07) is 0. The van der Waals surface area contributed by atoms with Crippen molar-refractivity contribution in [3.05, 3.63) is 109 Å². The van der Waals surface area contributed by atoms with E-state index >= 15 is 0 Å². The zero-order valence-electron chi connectivity index (χ0n) is 50.4. The van der Waals surface area contributed by atoms with E-state index in [1.54, 1.807) is 0 Å². The van der Waals surface area contributed by atoms with Crippen LogP contribution in [0, 0.1) is 0 Å². The molecule has 0 saturated heterocycles. The number of allylic oxidation sites excluding steroid dienone is 18. The Kier molecular flexibility index (Phi) is 61.3. The van der Waals surface area contributed by atoms with Crippen molar-refractivity contribution in [3.63, 3.8) is 0 Å². The van der Waals surface area contributed by atoms with Crippen LogP contribution in [0.1, 0.15) is 303 Å². The third-order valence-corrected chi connectivity index (χ3v) is 13.8. The van der Waals surface area contributed by atoms with Crippen molar-refractivity contribution in [3.8, 4) is 0 Å². The molecular formula is C71H120O6. The zero-order chi connectivity index (χ0) is 55.7. The second-order valence-electron chi connectivity index (χ2n) is 21.3. The number of carbonyl (C=O) groups excluding carboxylic acids is 3. The molecular weight excluding hydrogens is 949 g/mol. The predicted octanol–water partition coefficient (Wildman–Crippen LogP) is 22.2. The summed E-state index contributed by atoms with van der Waals surface area (Å²) in [7, 11) is 0. The minimum Gasteiger partial charge on any atom is -0.462 e. The molecule has 6 nitrogen and oxygen atoms in total. The maximum atomic E-state index is 12.9. The van der Waals surface area contributed by atoms with E-state index in [-0.39, 0.29) is 37.5 Å². The van der Waals surface area contributed by atoms with Crippen LogP contribution in [-0.2, 0) is 28.6 Å². The molecule has 0 heterocycles. The van der Waals surface area contributed by atoms with E-state index in [0.29, 0.717) is 19.3 Å². The SMILES string of the molecule is CC/C=C\C/C=C\C/C=C\C/C=C\C/C=C\C/C=C\C/C=C\CCCC(=O)OCC(COC(=O)CCCCCCC/C=C\C/C=C\CCCC)OC(=O)CCCCCCCCCCCCCCCCCCCCCCCC. The van der Waals surface area contributed by atoms with Crippen LogP contribution in [0.4, 0.5) is 0 Å². The monoisotopic (exact) mass is 1070 g/mol. The van der Waals surface area contributed by atoms with E-state index in [1.165, 1.54) is 141 Å². The van der Waals surface area contributed by atoms with Crippen molar-refractivity contribution in [2.45, 2.75) is 309 Å². The van der Waals surface area contributed by atoms with Gasteiger partial charge in [0, 0.05) is 19.3 Å². The van der Waals surface area contributed by atoms with Gasteiger partial charge in [-0.2, -0.15) is 0 Å². The normalized spacial score (nSPS) is 12.8. The van der Waals surface area contributed by atoms with E-state index in [4.69, 9.17) is 14.2 Å². The van der Waals surface area contributed by atoms with Crippen LogP contribution in [0.15, 0.2) is 109 Å². The predicted molar refractivity (Wildman–Crippen MR) is 334 cm³/mol. The van der Waals surface area contributed by atoms with Gasteiger partial charge in [0.05, 0.1) is 0 Å². The van der Waals surface area contributed by atoms with Gasteiger partial charge in [-0.1, -0.05) is 297 Å². The van der Waals surface area contributed by atoms with Gasteiger partial charge in [0.25, 0.3) is 0 Å². The largest absolute Gasteiger partial charge is 0.462 e. The number of hydrogen-bond donors (Lipinski definition) is 0. The van der Waals surface area contributed by atoms with Crippen LogP contribution in [0.3, 0.4) is 0 Å². The summed E-state index contributed by atoms with van der Waals surface area (Å²) < 4.78 is 16.9. The lowest BCUT2D eigenvalue weighted by molar-refractivity contribution is -0.167. The lowest BCUT2D eigenvalue weighted by Gasteiger charge is -2.18. The lowest BCUT2D eigenvalue weighted by Crippen LogP contribution is -2.30. The number of esters is 3. The van der Waals surface area contributed by atoms with Crippen LogP contribution in [0.2, 0.25) is 0 Å². The Morgan fingerprint density at radius 2 is 0.532 bits per heavy atom. The summed E-state index contributed by atoms with van der Waals surface area (Å²) in [6.07, 6.45) is 88.2. The van der Waals surface area contributed by atoms with Gasteiger partial charge in [0.15, 0.2) is 6.10 Å². The molecule has 0 fully saturated rings. The first-order chi connectivity index (χ1) is 38.0. The van der Waals surface area contributed by atoms with Crippen molar-refractivity contribution < 1.29 is 28.6 Å². The van der Waals surface area contributed by atoms with Gasteiger partial charge in [0.2, 0.25) is 0 Å². The minimum atomic E-state index is -0.809. The highest BCUT2D eigenvalue weighted by Gasteiger charge is 2.19. The lowest BCUT2D eigenvalue weighted by atomic mass is 10.0. The van der Waals surface area contributed by atoms with Crippen molar-refractivity contribution >= 4 is 17.9 Å². The number of rotatable bonds is 58. The van der Waals surface area contributed by atoms with Gasteiger partial charge in [0.1, 0.15) is 13.2 Å². The molecule has 0 aliphatic rings. The molecule has 0 bridgehead atoms. The van der Waals surface area contributed by atoms with Gasteiger partial charge >= 0.3 is 17.9 Å². The van der Waals surface area contributed by atoms with Crippen LogP contribution >= 0.6 is 0 Å². The van der Waals surface area contributed by atoms with Crippen molar-refractivity contribution in [2.75, 3.05) is 13.2 Å². The summed E-state index contributed by atoms with van der Waals surface area (Å²) in [5.41, 5.74) is 0. The van der Waals surface area contributed by atoms with Crippen LogP contribution in [0.5, 0.6) is 0 Å². The number of unbranched alkanes of at least 4 members (excludes halogenated alkanes) is 29. The molecule has 0 aromatic carbocycles. The first kappa shape index (κ1) is 73.1. The minimum absolute atomic E-state index is 0.103. The highest BCUT2D eigenvalue weighted by molar-refractivity contribution is 5.71. The molecule has 0 aromatic rings. The molecule has 6 heteroatoms. The first-order valence-electron chi connectivity index (χ1n) is 32.4. The summed E-state index contributed by atoms with van der Waals surface area (Å²) in [5.74, 6) is -0.967. The Hall–Kier alpha value is -3.93. The summed E-state index contributed by atoms with van der Waals surface area (Å²) in [4.78, 5) is 38.3. The van der Waals surface area contributed by atoms with Crippen molar-refractivity contribution in [2.24, 2.45) is 0 Å². The van der Waals surface area contributed by atoms with Crippen LogP contribution in [0.25, 0.3) is 0 Å².